The Hall–Kier alpha value is -2.54. The first-order valence-electron chi connectivity index (χ1n) is 9.89. The molecule has 2 amide bonds. The average Bonchev–Trinajstić information content (AvgIpc) is 3.09. The molecule has 0 aliphatic heterocycles. The topological polar surface area (TPSA) is 85.2 Å². The van der Waals surface area contributed by atoms with Gasteiger partial charge in [0, 0.05) is 17.6 Å². The summed E-state index contributed by atoms with van der Waals surface area (Å²) in [4.78, 5) is 24.6. The van der Waals surface area contributed by atoms with Crippen LogP contribution in [0.2, 0.25) is 5.02 Å². The molecule has 2 N–H and O–H groups in total. The van der Waals surface area contributed by atoms with Crippen LogP contribution in [0.5, 0.6) is 0 Å². The third kappa shape index (κ3) is 6.49. The molecule has 8 heteroatoms. The van der Waals surface area contributed by atoms with E-state index in [0.29, 0.717) is 36.1 Å². The van der Waals surface area contributed by atoms with Gasteiger partial charge < -0.3 is 15.4 Å². The summed E-state index contributed by atoms with van der Waals surface area (Å²) in [6.07, 6.45) is 2.44. The van der Waals surface area contributed by atoms with E-state index in [9.17, 15) is 9.59 Å². The van der Waals surface area contributed by atoms with Gasteiger partial charge in [-0.3, -0.25) is 4.79 Å². The molecule has 2 rings (SSSR count). The number of ether oxygens (including phenoxy) is 1. The highest BCUT2D eigenvalue weighted by Gasteiger charge is 2.20. The minimum absolute atomic E-state index is 0.217. The van der Waals surface area contributed by atoms with Crippen LogP contribution >= 0.6 is 11.6 Å². The number of hydrogen-bond donors (Lipinski definition) is 2. The highest BCUT2D eigenvalue weighted by Crippen LogP contribution is 2.19. The van der Waals surface area contributed by atoms with Gasteiger partial charge >= 0.3 is 6.09 Å². The minimum atomic E-state index is -0.476. The van der Waals surface area contributed by atoms with Gasteiger partial charge in [0.25, 0.3) is 5.91 Å². The molecule has 0 fully saturated rings. The van der Waals surface area contributed by atoms with Crippen molar-refractivity contribution in [2.24, 2.45) is 5.92 Å². The fourth-order valence-corrected chi connectivity index (χ4v) is 3.33. The van der Waals surface area contributed by atoms with E-state index >= 15 is 0 Å². The Morgan fingerprint density at radius 1 is 1.28 bits per heavy atom. The Morgan fingerprint density at radius 3 is 2.66 bits per heavy atom. The number of carbonyl (C=O) groups excluding carboxylic acids is 2. The van der Waals surface area contributed by atoms with Crippen molar-refractivity contribution in [3.05, 3.63) is 46.7 Å². The Kier molecular flexibility index (Phi) is 8.51. The molecule has 2 aromatic rings. The molecule has 0 bridgehead atoms. The molecule has 1 unspecified atom stereocenters. The lowest BCUT2D eigenvalue weighted by Crippen LogP contribution is -2.44. The van der Waals surface area contributed by atoms with E-state index in [-0.39, 0.29) is 11.9 Å². The first-order chi connectivity index (χ1) is 13.8. The zero-order valence-electron chi connectivity index (χ0n) is 17.4. The van der Waals surface area contributed by atoms with Crippen LogP contribution in [-0.2, 0) is 11.2 Å². The number of nitrogens with zero attached hydrogens (tertiary/aromatic N) is 2. The lowest BCUT2D eigenvalue weighted by Gasteiger charge is -2.20. The molecule has 1 aromatic carbocycles. The number of amides is 2. The van der Waals surface area contributed by atoms with Gasteiger partial charge in [0.1, 0.15) is 0 Å². The van der Waals surface area contributed by atoms with Crippen LogP contribution in [0.25, 0.3) is 5.69 Å². The summed E-state index contributed by atoms with van der Waals surface area (Å²) in [6, 6.07) is 7.11. The summed E-state index contributed by atoms with van der Waals surface area (Å²) in [7, 11) is 0. The summed E-state index contributed by atoms with van der Waals surface area (Å²) in [5.74, 6) is 0.130. The quantitative estimate of drug-likeness (QED) is 0.642. The zero-order chi connectivity index (χ0) is 21.4. The van der Waals surface area contributed by atoms with Gasteiger partial charge in [0.15, 0.2) is 0 Å². The maximum atomic E-state index is 12.8. The molecular weight excluding hydrogens is 392 g/mol. The summed E-state index contributed by atoms with van der Waals surface area (Å²) < 4.78 is 6.68. The first-order valence-corrected chi connectivity index (χ1v) is 10.3. The van der Waals surface area contributed by atoms with Crippen LogP contribution in [0.3, 0.4) is 0 Å². The van der Waals surface area contributed by atoms with Gasteiger partial charge in [0.05, 0.1) is 29.7 Å². The Morgan fingerprint density at radius 2 is 2.03 bits per heavy atom. The molecule has 7 nitrogen and oxygen atoms in total. The predicted octanol–water partition coefficient (Wildman–Crippen LogP) is 3.98. The van der Waals surface area contributed by atoms with E-state index in [1.54, 1.807) is 29.9 Å². The largest absolute Gasteiger partial charge is 0.450 e. The van der Waals surface area contributed by atoms with Crippen LogP contribution in [0.4, 0.5) is 4.79 Å². The van der Waals surface area contributed by atoms with Crippen molar-refractivity contribution in [3.63, 3.8) is 0 Å². The fraction of sp³-hybridized carbons (Fsp3) is 0.476. The minimum Gasteiger partial charge on any atom is -0.450 e. The van der Waals surface area contributed by atoms with E-state index in [0.717, 1.165) is 17.8 Å². The van der Waals surface area contributed by atoms with E-state index in [1.807, 2.05) is 19.1 Å². The smallest absolute Gasteiger partial charge is 0.407 e. The van der Waals surface area contributed by atoms with Gasteiger partial charge in [-0.2, -0.15) is 5.10 Å². The number of hydrogen-bond acceptors (Lipinski definition) is 4. The summed E-state index contributed by atoms with van der Waals surface area (Å²) >= 11 is 6.08. The van der Waals surface area contributed by atoms with Crippen LogP contribution in [-0.4, -0.2) is 41.0 Å². The molecule has 0 saturated carbocycles. The molecule has 1 aromatic heterocycles. The lowest BCUT2D eigenvalue weighted by molar-refractivity contribution is 0.0943. The molecule has 0 radical (unpaired) electrons. The van der Waals surface area contributed by atoms with Gasteiger partial charge in [-0.1, -0.05) is 38.4 Å². The number of halogens is 1. The van der Waals surface area contributed by atoms with E-state index in [2.05, 4.69) is 29.6 Å². The number of nitrogens with one attached hydrogen (secondary N) is 2. The van der Waals surface area contributed by atoms with Crippen LogP contribution < -0.4 is 10.6 Å². The van der Waals surface area contributed by atoms with Gasteiger partial charge in [-0.15, -0.1) is 0 Å². The van der Waals surface area contributed by atoms with Crippen LogP contribution in [0.15, 0.2) is 30.5 Å². The average molecular weight is 421 g/mol. The number of carbonyl (C=O) groups is 2. The van der Waals surface area contributed by atoms with Crippen molar-refractivity contribution in [2.75, 3.05) is 13.2 Å². The molecule has 1 heterocycles. The fourth-order valence-electron chi connectivity index (χ4n) is 3.15. The van der Waals surface area contributed by atoms with Crippen molar-refractivity contribution in [3.8, 4) is 5.69 Å². The second kappa shape index (κ2) is 10.9. The van der Waals surface area contributed by atoms with Crippen LogP contribution in [0, 0.1) is 5.92 Å². The number of benzene rings is 1. The van der Waals surface area contributed by atoms with Crippen LogP contribution in [0.1, 0.15) is 50.2 Å². The molecule has 0 aliphatic carbocycles. The molecular formula is C21H29ClN4O3. The standard InChI is InChI=1S/C21H29ClN4O3/c1-5-19-18(13-24-26(19)17-9-7-8-15(22)11-17)20(27)23-12-16(10-14(3)4)25-21(28)29-6-2/h7-9,11,13-14,16H,5-6,10,12H2,1-4H3,(H,23,27)(H,25,28). The number of alkyl carbamates (subject to hydrolysis) is 1. The van der Waals surface area contributed by atoms with Crippen molar-refractivity contribution in [1.29, 1.82) is 0 Å². The van der Waals surface area contributed by atoms with Crippen molar-refractivity contribution < 1.29 is 14.3 Å². The summed E-state index contributed by atoms with van der Waals surface area (Å²) in [5.41, 5.74) is 2.10. The maximum Gasteiger partial charge on any atom is 0.407 e. The van der Waals surface area contributed by atoms with Gasteiger partial charge in [0.2, 0.25) is 0 Å². The third-order valence-corrected chi connectivity index (χ3v) is 4.60. The third-order valence-electron chi connectivity index (χ3n) is 4.36. The molecule has 0 aliphatic rings. The monoisotopic (exact) mass is 420 g/mol. The Bertz CT molecular complexity index is 835. The maximum absolute atomic E-state index is 12.8. The van der Waals surface area contributed by atoms with Gasteiger partial charge in [-0.25, -0.2) is 9.48 Å². The number of aromatic nitrogens is 2. The first kappa shape index (κ1) is 22.7. The van der Waals surface area contributed by atoms with Crippen molar-refractivity contribution in [1.82, 2.24) is 20.4 Å². The lowest BCUT2D eigenvalue weighted by atomic mass is 10.0. The van der Waals surface area contributed by atoms with E-state index in [4.69, 9.17) is 16.3 Å². The van der Waals surface area contributed by atoms with Crippen molar-refractivity contribution >= 4 is 23.6 Å². The molecule has 158 valence electrons. The SMILES string of the molecule is CCOC(=O)NC(CNC(=O)c1cnn(-c2cccc(Cl)c2)c1CC)CC(C)C. The summed E-state index contributed by atoms with van der Waals surface area (Å²) in [5, 5.41) is 10.7. The molecule has 29 heavy (non-hydrogen) atoms. The second-order valence-corrected chi connectivity index (χ2v) is 7.59. The highest BCUT2D eigenvalue weighted by molar-refractivity contribution is 6.30. The zero-order valence-corrected chi connectivity index (χ0v) is 18.1. The number of rotatable bonds is 9. The summed E-state index contributed by atoms with van der Waals surface area (Å²) in [6.45, 7) is 8.45. The normalized spacial score (nSPS) is 11.9. The Labute approximate surface area is 176 Å². The van der Waals surface area contributed by atoms with Gasteiger partial charge in [-0.05, 0) is 43.9 Å². The Balaban J connectivity index is 2.12. The molecule has 0 spiro atoms. The molecule has 1 atom stereocenters. The predicted molar refractivity (Wildman–Crippen MR) is 114 cm³/mol. The van der Waals surface area contributed by atoms with E-state index < -0.39 is 6.09 Å². The highest BCUT2D eigenvalue weighted by atomic mass is 35.5. The second-order valence-electron chi connectivity index (χ2n) is 7.15. The molecule has 0 saturated heterocycles. The van der Waals surface area contributed by atoms with Crippen molar-refractivity contribution in [2.45, 2.75) is 46.6 Å². The van der Waals surface area contributed by atoms with E-state index in [1.165, 1.54) is 0 Å².